The molecule has 0 atom stereocenters. The molecule has 0 radical (unpaired) electrons. The molecule has 158 valence electrons. The fraction of sp³-hybridized carbons (Fsp3) is 0.435. The zero-order valence-corrected chi connectivity index (χ0v) is 17.0. The summed E-state index contributed by atoms with van der Waals surface area (Å²) in [7, 11) is 0. The van der Waals surface area contributed by atoms with Crippen LogP contribution in [0.4, 0.5) is 11.4 Å². The van der Waals surface area contributed by atoms with E-state index < -0.39 is 4.92 Å². The van der Waals surface area contributed by atoms with Gasteiger partial charge in [-0.05, 0) is 42.9 Å². The number of rotatable bonds is 5. The number of piperidine rings is 1. The molecule has 2 aromatic carbocycles. The summed E-state index contributed by atoms with van der Waals surface area (Å²) in [5.74, 6) is 0.444. The second kappa shape index (κ2) is 9.26. The third-order valence-corrected chi connectivity index (χ3v) is 6.04. The Balaban J connectivity index is 1.42. The van der Waals surface area contributed by atoms with E-state index in [1.165, 1.54) is 11.6 Å². The fourth-order valence-corrected chi connectivity index (χ4v) is 4.34. The van der Waals surface area contributed by atoms with Gasteiger partial charge in [-0.1, -0.05) is 30.3 Å². The maximum Gasteiger partial charge on any atom is 0.293 e. The molecule has 7 heteroatoms. The Morgan fingerprint density at radius 3 is 2.40 bits per heavy atom. The Bertz CT molecular complexity index is 889. The van der Waals surface area contributed by atoms with Crippen molar-refractivity contribution in [3.63, 3.8) is 0 Å². The lowest BCUT2D eigenvalue weighted by molar-refractivity contribution is -0.384. The average Bonchev–Trinajstić information content (AvgIpc) is 2.80. The van der Waals surface area contributed by atoms with Crippen LogP contribution in [0.5, 0.6) is 0 Å². The van der Waals surface area contributed by atoms with Gasteiger partial charge in [0.2, 0.25) is 0 Å². The number of carbonyl (C=O) groups excluding carboxylic acids is 1. The van der Waals surface area contributed by atoms with E-state index in [0.717, 1.165) is 19.3 Å². The first-order chi connectivity index (χ1) is 14.6. The summed E-state index contributed by atoms with van der Waals surface area (Å²) in [4.78, 5) is 28.0. The van der Waals surface area contributed by atoms with Crippen LogP contribution < -0.4 is 4.90 Å². The number of hydrogen-bond donors (Lipinski definition) is 0. The normalized spacial score (nSPS) is 17.7. The zero-order chi connectivity index (χ0) is 20.9. The van der Waals surface area contributed by atoms with E-state index in [9.17, 15) is 14.9 Å². The predicted octanol–water partition coefficient (Wildman–Crippen LogP) is 3.53. The van der Waals surface area contributed by atoms with Crippen molar-refractivity contribution in [2.75, 3.05) is 44.3 Å². The fourth-order valence-electron chi connectivity index (χ4n) is 4.34. The first-order valence-electron chi connectivity index (χ1n) is 10.6. The maximum absolute atomic E-state index is 13.0. The minimum absolute atomic E-state index is 0.0123. The molecule has 1 amide bonds. The average molecular weight is 409 g/mol. The predicted molar refractivity (Wildman–Crippen MR) is 115 cm³/mol. The second-order valence-electron chi connectivity index (χ2n) is 7.99. The summed E-state index contributed by atoms with van der Waals surface area (Å²) in [5.41, 5.74) is 2.26. The summed E-state index contributed by atoms with van der Waals surface area (Å²) < 4.78 is 5.34. The molecule has 0 bridgehead atoms. The van der Waals surface area contributed by atoms with Gasteiger partial charge in [-0.25, -0.2) is 0 Å². The van der Waals surface area contributed by atoms with Gasteiger partial charge < -0.3 is 14.5 Å². The van der Waals surface area contributed by atoms with E-state index in [0.29, 0.717) is 56.6 Å². The number of ether oxygens (including phenoxy) is 1. The topological polar surface area (TPSA) is 75.9 Å². The van der Waals surface area contributed by atoms with Crippen LogP contribution in [-0.4, -0.2) is 55.1 Å². The Morgan fingerprint density at radius 1 is 1.03 bits per heavy atom. The van der Waals surface area contributed by atoms with Gasteiger partial charge >= 0.3 is 0 Å². The van der Waals surface area contributed by atoms with Crippen molar-refractivity contribution < 1.29 is 14.5 Å². The van der Waals surface area contributed by atoms with Gasteiger partial charge in [0.05, 0.1) is 18.1 Å². The lowest BCUT2D eigenvalue weighted by Gasteiger charge is -2.32. The SMILES string of the molecule is O=C(c1ccc(N2CCOCC2)c([N+](=O)[O-])c1)N1CCC(Cc2ccccc2)CC1. The Kier molecular flexibility index (Phi) is 6.28. The smallest absolute Gasteiger partial charge is 0.293 e. The second-order valence-corrected chi connectivity index (χ2v) is 7.99. The van der Waals surface area contributed by atoms with Gasteiger partial charge in [-0.2, -0.15) is 0 Å². The van der Waals surface area contributed by atoms with Gasteiger partial charge in [-0.3, -0.25) is 14.9 Å². The van der Waals surface area contributed by atoms with Crippen LogP contribution in [0.1, 0.15) is 28.8 Å². The number of nitro groups is 1. The van der Waals surface area contributed by atoms with Crippen LogP contribution in [0.15, 0.2) is 48.5 Å². The van der Waals surface area contributed by atoms with Crippen molar-refractivity contribution in [2.24, 2.45) is 5.92 Å². The van der Waals surface area contributed by atoms with Crippen molar-refractivity contribution in [1.29, 1.82) is 0 Å². The zero-order valence-electron chi connectivity index (χ0n) is 17.0. The third-order valence-electron chi connectivity index (χ3n) is 6.04. The molecule has 2 aliphatic rings. The van der Waals surface area contributed by atoms with Gasteiger partial charge in [0, 0.05) is 37.8 Å². The molecule has 0 N–H and O–H groups in total. The molecule has 7 nitrogen and oxygen atoms in total. The summed E-state index contributed by atoms with van der Waals surface area (Å²) >= 11 is 0. The highest BCUT2D eigenvalue weighted by Gasteiger charge is 2.27. The molecule has 2 saturated heterocycles. The first-order valence-corrected chi connectivity index (χ1v) is 10.6. The number of anilines is 1. The monoisotopic (exact) mass is 409 g/mol. The molecule has 0 aromatic heterocycles. The van der Waals surface area contributed by atoms with E-state index in [-0.39, 0.29) is 11.6 Å². The quantitative estimate of drug-likeness (QED) is 0.558. The molecular formula is C23H27N3O4. The molecule has 30 heavy (non-hydrogen) atoms. The van der Waals surface area contributed by atoms with E-state index in [4.69, 9.17) is 4.74 Å². The van der Waals surface area contributed by atoms with E-state index in [1.807, 2.05) is 15.9 Å². The number of nitrogens with zero attached hydrogens (tertiary/aromatic N) is 3. The van der Waals surface area contributed by atoms with Gasteiger partial charge in [-0.15, -0.1) is 0 Å². The molecule has 0 spiro atoms. The van der Waals surface area contributed by atoms with Gasteiger partial charge in [0.25, 0.3) is 11.6 Å². The molecule has 2 heterocycles. The highest BCUT2D eigenvalue weighted by atomic mass is 16.6. The first kappa shape index (κ1) is 20.3. The van der Waals surface area contributed by atoms with Crippen molar-refractivity contribution >= 4 is 17.3 Å². The van der Waals surface area contributed by atoms with Crippen molar-refractivity contribution in [2.45, 2.75) is 19.3 Å². The summed E-state index contributed by atoms with van der Waals surface area (Å²) in [6.07, 6.45) is 2.94. The largest absolute Gasteiger partial charge is 0.378 e. The molecule has 4 rings (SSSR count). The number of amides is 1. The van der Waals surface area contributed by atoms with Gasteiger partial charge in [0.15, 0.2) is 0 Å². The number of morpholine rings is 1. The van der Waals surface area contributed by atoms with Crippen LogP contribution in [0.2, 0.25) is 0 Å². The lowest BCUT2D eigenvalue weighted by atomic mass is 9.90. The Hall–Kier alpha value is -2.93. The van der Waals surface area contributed by atoms with Crippen molar-refractivity contribution in [3.8, 4) is 0 Å². The molecule has 2 aromatic rings. The molecule has 2 aliphatic heterocycles. The number of hydrogen-bond acceptors (Lipinski definition) is 5. The highest BCUT2D eigenvalue weighted by Crippen LogP contribution is 2.31. The third kappa shape index (κ3) is 4.62. The molecule has 0 saturated carbocycles. The minimum atomic E-state index is -0.395. The number of benzene rings is 2. The van der Waals surface area contributed by atoms with Crippen LogP contribution in [0, 0.1) is 16.0 Å². The minimum Gasteiger partial charge on any atom is -0.378 e. The molecule has 2 fully saturated rings. The Morgan fingerprint density at radius 2 is 1.73 bits per heavy atom. The Labute approximate surface area is 176 Å². The van der Waals surface area contributed by atoms with E-state index >= 15 is 0 Å². The van der Waals surface area contributed by atoms with E-state index in [2.05, 4.69) is 24.3 Å². The van der Waals surface area contributed by atoms with Gasteiger partial charge in [0.1, 0.15) is 5.69 Å². The van der Waals surface area contributed by atoms with Crippen molar-refractivity contribution in [1.82, 2.24) is 4.90 Å². The highest BCUT2D eigenvalue weighted by molar-refractivity contribution is 5.96. The maximum atomic E-state index is 13.0. The summed E-state index contributed by atoms with van der Waals surface area (Å²) in [6.45, 7) is 3.71. The van der Waals surface area contributed by atoms with Crippen LogP contribution in [0.25, 0.3) is 0 Å². The van der Waals surface area contributed by atoms with Crippen LogP contribution in [0.3, 0.4) is 0 Å². The number of nitro benzene ring substituents is 1. The number of likely N-dealkylation sites (tertiary alicyclic amines) is 1. The van der Waals surface area contributed by atoms with Crippen LogP contribution in [-0.2, 0) is 11.2 Å². The molecular weight excluding hydrogens is 382 g/mol. The number of carbonyl (C=O) groups is 1. The molecule has 0 unspecified atom stereocenters. The van der Waals surface area contributed by atoms with Crippen LogP contribution >= 0.6 is 0 Å². The summed E-state index contributed by atoms with van der Waals surface area (Å²) in [5, 5.41) is 11.7. The van der Waals surface area contributed by atoms with E-state index in [1.54, 1.807) is 12.1 Å². The molecule has 0 aliphatic carbocycles. The lowest BCUT2D eigenvalue weighted by Crippen LogP contribution is -2.39. The summed E-state index contributed by atoms with van der Waals surface area (Å²) in [6, 6.07) is 15.3. The standard InChI is InChI=1S/C23H27N3O4/c27-23(25-10-8-19(9-11-25)16-18-4-2-1-3-5-18)20-6-7-21(22(17-20)26(28)29)24-12-14-30-15-13-24/h1-7,17,19H,8-16H2. The van der Waals surface area contributed by atoms with Crippen molar-refractivity contribution in [3.05, 3.63) is 69.8 Å².